The summed E-state index contributed by atoms with van der Waals surface area (Å²) in [6.07, 6.45) is 4.64. The van der Waals surface area contributed by atoms with Crippen molar-refractivity contribution in [1.82, 2.24) is 20.0 Å². The van der Waals surface area contributed by atoms with Crippen LogP contribution in [0.5, 0.6) is 0 Å². The molecule has 0 spiro atoms. The highest BCUT2D eigenvalue weighted by Crippen LogP contribution is 2.20. The van der Waals surface area contributed by atoms with Crippen molar-refractivity contribution < 1.29 is 4.79 Å². The molecule has 1 atom stereocenters. The average Bonchev–Trinajstić information content (AvgIpc) is 3.14. The summed E-state index contributed by atoms with van der Waals surface area (Å²) in [7, 11) is 1.86. The highest BCUT2D eigenvalue weighted by Gasteiger charge is 2.27. The second-order valence-corrected chi connectivity index (χ2v) is 7.05. The molecule has 1 aromatic heterocycles. The van der Waals surface area contributed by atoms with Gasteiger partial charge in [0.15, 0.2) is 5.96 Å². The van der Waals surface area contributed by atoms with Crippen LogP contribution in [0.4, 0.5) is 5.69 Å². The molecule has 29 heavy (non-hydrogen) atoms. The molecule has 0 aliphatic carbocycles. The van der Waals surface area contributed by atoms with Crippen LogP contribution in [-0.4, -0.2) is 59.3 Å². The Balaban J connectivity index is 0.00000300. The third-order valence-corrected chi connectivity index (χ3v) is 5.08. The number of carbonyl (C=O) groups excluding carboxylic acids is 1. The number of rotatable bonds is 6. The smallest absolute Gasteiger partial charge is 0.246 e. The fourth-order valence-corrected chi connectivity index (χ4v) is 3.49. The van der Waals surface area contributed by atoms with Crippen LogP contribution in [0.1, 0.15) is 31.7 Å². The minimum atomic E-state index is 0. The zero-order valence-electron chi connectivity index (χ0n) is 17.4. The molecule has 1 N–H and O–H groups in total. The topological polar surface area (TPSA) is 65.8 Å². The van der Waals surface area contributed by atoms with E-state index in [1.165, 1.54) is 5.56 Å². The van der Waals surface area contributed by atoms with Crippen LogP contribution in [0.2, 0.25) is 0 Å². The molecule has 3 rings (SSSR count). The first-order valence-electron chi connectivity index (χ1n) is 9.99. The number of benzene rings is 1. The van der Waals surface area contributed by atoms with Crippen LogP contribution in [-0.2, 0) is 11.8 Å². The molecule has 2 heterocycles. The van der Waals surface area contributed by atoms with Crippen LogP contribution in [0.25, 0.3) is 0 Å². The highest BCUT2D eigenvalue weighted by molar-refractivity contribution is 14.0. The largest absolute Gasteiger partial charge is 0.357 e. The van der Waals surface area contributed by atoms with Gasteiger partial charge in [-0.25, -0.2) is 0 Å². The van der Waals surface area contributed by atoms with Gasteiger partial charge in [-0.3, -0.25) is 14.5 Å². The number of aromatic nitrogens is 2. The number of nitrogens with zero attached hydrogens (tertiary/aromatic N) is 5. The summed E-state index contributed by atoms with van der Waals surface area (Å²) >= 11 is 0. The van der Waals surface area contributed by atoms with Gasteiger partial charge in [0.1, 0.15) is 6.54 Å². The molecule has 158 valence electrons. The minimum Gasteiger partial charge on any atom is -0.357 e. The van der Waals surface area contributed by atoms with E-state index in [-0.39, 0.29) is 29.9 Å². The van der Waals surface area contributed by atoms with E-state index in [9.17, 15) is 4.79 Å². The summed E-state index contributed by atoms with van der Waals surface area (Å²) in [6.45, 7) is 7.42. The molecule has 0 bridgehead atoms. The Kier molecular flexibility index (Phi) is 8.94. The molecule has 1 unspecified atom stereocenters. The van der Waals surface area contributed by atoms with Gasteiger partial charge in [0.25, 0.3) is 0 Å². The molecule has 0 radical (unpaired) electrons. The number of aliphatic imine (C=N–C) groups is 1. The average molecular weight is 510 g/mol. The van der Waals surface area contributed by atoms with Crippen LogP contribution in [0.15, 0.2) is 47.7 Å². The molecule has 1 saturated heterocycles. The number of halogens is 1. The van der Waals surface area contributed by atoms with Gasteiger partial charge in [-0.1, -0.05) is 37.3 Å². The predicted molar refractivity (Wildman–Crippen MR) is 128 cm³/mol. The van der Waals surface area contributed by atoms with Gasteiger partial charge in [-0.15, -0.1) is 24.0 Å². The maximum absolute atomic E-state index is 12.7. The molecule has 8 heteroatoms. The van der Waals surface area contributed by atoms with Crippen molar-refractivity contribution in [3.05, 3.63) is 48.3 Å². The molecule has 1 fully saturated rings. The SMILES string of the molecule is CCNC(=NCC(CC)c1ccccc1)N1CCN(c2cnn(C)c2)C(=O)C1.I. The normalized spacial score (nSPS) is 15.8. The second-order valence-electron chi connectivity index (χ2n) is 7.05. The van der Waals surface area contributed by atoms with Crippen molar-refractivity contribution in [2.45, 2.75) is 26.2 Å². The van der Waals surface area contributed by atoms with Gasteiger partial charge in [-0.2, -0.15) is 5.10 Å². The van der Waals surface area contributed by atoms with Crippen molar-refractivity contribution in [3.8, 4) is 0 Å². The molecule has 7 nitrogen and oxygen atoms in total. The van der Waals surface area contributed by atoms with E-state index in [1.54, 1.807) is 15.8 Å². The number of nitrogens with one attached hydrogen (secondary N) is 1. The van der Waals surface area contributed by atoms with Gasteiger partial charge in [0.05, 0.1) is 11.9 Å². The van der Waals surface area contributed by atoms with Crippen molar-refractivity contribution in [1.29, 1.82) is 0 Å². The Morgan fingerprint density at radius 3 is 2.59 bits per heavy atom. The molecule has 2 aromatic rings. The van der Waals surface area contributed by atoms with Crippen molar-refractivity contribution in [2.24, 2.45) is 12.0 Å². The lowest BCUT2D eigenvalue weighted by molar-refractivity contribution is -0.120. The number of piperazine rings is 1. The van der Waals surface area contributed by atoms with Gasteiger partial charge in [0, 0.05) is 45.3 Å². The lowest BCUT2D eigenvalue weighted by Gasteiger charge is -2.35. The number of anilines is 1. The number of carbonyl (C=O) groups is 1. The first-order chi connectivity index (χ1) is 13.6. The van der Waals surface area contributed by atoms with Crippen LogP contribution in [0, 0.1) is 0 Å². The second kappa shape index (κ2) is 11.2. The Hall–Kier alpha value is -2.10. The lowest BCUT2D eigenvalue weighted by Crippen LogP contribution is -2.55. The number of amides is 1. The van der Waals surface area contributed by atoms with E-state index in [0.717, 1.165) is 31.2 Å². The van der Waals surface area contributed by atoms with Gasteiger partial charge < -0.3 is 15.1 Å². The van der Waals surface area contributed by atoms with Crippen molar-refractivity contribution >= 4 is 41.5 Å². The summed E-state index contributed by atoms with van der Waals surface area (Å²) in [4.78, 5) is 21.4. The molecule has 1 amide bonds. The minimum absolute atomic E-state index is 0. The Bertz CT molecular complexity index is 807. The van der Waals surface area contributed by atoms with Crippen molar-refractivity contribution in [2.75, 3.05) is 37.6 Å². The van der Waals surface area contributed by atoms with Crippen LogP contribution in [0.3, 0.4) is 0 Å². The van der Waals surface area contributed by atoms with Crippen LogP contribution < -0.4 is 10.2 Å². The van der Waals surface area contributed by atoms with E-state index in [2.05, 4.69) is 53.4 Å². The first kappa shape index (κ1) is 23.2. The maximum Gasteiger partial charge on any atom is 0.246 e. The first-order valence-corrected chi connectivity index (χ1v) is 9.99. The quantitative estimate of drug-likeness (QED) is 0.369. The predicted octanol–water partition coefficient (Wildman–Crippen LogP) is 2.85. The third kappa shape index (κ3) is 5.94. The van der Waals surface area contributed by atoms with E-state index in [4.69, 9.17) is 4.99 Å². The zero-order chi connectivity index (χ0) is 19.9. The summed E-state index contributed by atoms with van der Waals surface area (Å²) in [5.74, 6) is 1.26. The number of hydrogen-bond donors (Lipinski definition) is 1. The third-order valence-electron chi connectivity index (χ3n) is 5.08. The Labute approximate surface area is 190 Å². The van der Waals surface area contributed by atoms with E-state index in [1.807, 2.05) is 19.3 Å². The number of aryl methyl sites for hydroxylation is 1. The van der Waals surface area contributed by atoms with Gasteiger partial charge >= 0.3 is 0 Å². The molecule has 1 aromatic carbocycles. The molecule has 1 aliphatic rings. The van der Waals surface area contributed by atoms with Gasteiger partial charge in [-0.05, 0) is 18.9 Å². The zero-order valence-corrected chi connectivity index (χ0v) is 19.7. The van der Waals surface area contributed by atoms with E-state index < -0.39 is 0 Å². The lowest BCUT2D eigenvalue weighted by atomic mass is 9.97. The summed E-state index contributed by atoms with van der Waals surface area (Å²) in [6, 6.07) is 10.5. The Morgan fingerprint density at radius 1 is 1.24 bits per heavy atom. The van der Waals surface area contributed by atoms with E-state index >= 15 is 0 Å². The highest BCUT2D eigenvalue weighted by atomic mass is 127. The number of hydrogen-bond acceptors (Lipinski definition) is 3. The molecule has 0 saturated carbocycles. The standard InChI is InChI=1S/C21H30N6O.HI/c1-4-17(18-9-7-6-8-10-18)13-23-21(22-5-2)26-11-12-27(20(28)16-26)19-14-24-25(3)15-19;/h6-10,14-15,17H,4-5,11-13,16H2,1-3H3,(H,22,23);1H. The summed E-state index contributed by atoms with van der Waals surface area (Å²) in [5.41, 5.74) is 2.16. The van der Waals surface area contributed by atoms with Gasteiger partial charge in [0.2, 0.25) is 5.91 Å². The fourth-order valence-electron chi connectivity index (χ4n) is 3.49. The monoisotopic (exact) mass is 510 g/mol. The van der Waals surface area contributed by atoms with Crippen LogP contribution >= 0.6 is 24.0 Å². The van der Waals surface area contributed by atoms with E-state index in [0.29, 0.717) is 25.6 Å². The number of guanidine groups is 1. The fraction of sp³-hybridized carbons (Fsp3) is 0.476. The molecule has 1 aliphatic heterocycles. The summed E-state index contributed by atoms with van der Waals surface area (Å²) in [5, 5.41) is 7.52. The van der Waals surface area contributed by atoms with Crippen molar-refractivity contribution in [3.63, 3.8) is 0 Å². The molecular formula is C21H31IN6O. The summed E-state index contributed by atoms with van der Waals surface area (Å²) < 4.78 is 1.72. The molecular weight excluding hydrogens is 479 g/mol. The maximum atomic E-state index is 12.7. The Morgan fingerprint density at radius 2 is 2.00 bits per heavy atom.